The van der Waals surface area contributed by atoms with Crippen molar-refractivity contribution >= 4 is 17.4 Å². The molecule has 22 heavy (non-hydrogen) atoms. The van der Waals surface area contributed by atoms with Gasteiger partial charge in [0, 0.05) is 19.0 Å². The predicted octanol–water partition coefficient (Wildman–Crippen LogP) is 2.81. The van der Waals surface area contributed by atoms with Crippen LogP contribution in [0.3, 0.4) is 0 Å². The molecule has 3 rings (SSSR count). The summed E-state index contributed by atoms with van der Waals surface area (Å²) in [6.07, 6.45) is 2.10. The highest BCUT2D eigenvalue weighted by Gasteiger charge is 2.12. The van der Waals surface area contributed by atoms with Crippen molar-refractivity contribution in [1.29, 1.82) is 0 Å². The Balaban J connectivity index is 1.54. The lowest BCUT2D eigenvalue weighted by molar-refractivity contribution is 0.206. The number of urea groups is 1. The average Bonchev–Trinajstić information content (AvgIpc) is 3.05. The molecule has 0 bridgehead atoms. The van der Waals surface area contributed by atoms with Crippen molar-refractivity contribution in [2.45, 2.75) is 25.9 Å². The number of nitrogens with zero attached hydrogens (tertiary/aromatic N) is 2. The fraction of sp³-hybridized carbons (Fsp3) is 0.375. The van der Waals surface area contributed by atoms with Crippen LogP contribution < -0.4 is 10.1 Å². The van der Waals surface area contributed by atoms with Crippen LogP contribution in [0.1, 0.15) is 23.2 Å². The molecule has 0 atom stereocenters. The second-order valence-electron chi connectivity index (χ2n) is 5.39. The van der Waals surface area contributed by atoms with Crippen LogP contribution in [-0.2, 0) is 19.5 Å². The number of hydrogen-bond donors (Lipinski definition) is 1. The van der Waals surface area contributed by atoms with E-state index >= 15 is 0 Å². The van der Waals surface area contributed by atoms with E-state index in [-0.39, 0.29) is 6.03 Å². The van der Waals surface area contributed by atoms with Gasteiger partial charge in [-0.1, -0.05) is 12.1 Å². The minimum atomic E-state index is -0.0954. The summed E-state index contributed by atoms with van der Waals surface area (Å²) in [5.41, 5.74) is 5.01. The molecule has 0 saturated carbocycles. The van der Waals surface area contributed by atoms with Gasteiger partial charge < -0.3 is 15.0 Å². The number of aryl methyl sites for hydroxylation is 1. The van der Waals surface area contributed by atoms with Crippen molar-refractivity contribution in [1.82, 2.24) is 15.2 Å². The number of rotatable bonds is 4. The molecule has 0 radical (unpaired) electrons. The fourth-order valence-electron chi connectivity index (χ4n) is 2.47. The van der Waals surface area contributed by atoms with Crippen LogP contribution in [0.15, 0.2) is 29.1 Å². The summed E-state index contributed by atoms with van der Waals surface area (Å²) in [4.78, 5) is 17.9. The van der Waals surface area contributed by atoms with Crippen LogP contribution in [0.4, 0.5) is 4.79 Å². The van der Waals surface area contributed by atoms with Crippen LogP contribution in [0.2, 0.25) is 0 Å². The Bertz CT molecular complexity index is 643. The van der Waals surface area contributed by atoms with Gasteiger partial charge in [-0.3, -0.25) is 0 Å². The molecule has 6 heteroatoms. The van der Waals surface area contributed by atoms with Crippen LogP contribution in [0.5, 0.6) is 5.75 Å². The SMILES string of the molecule is CN(Cc1cscn1)C(=O)NCc1ccc2c(c1)CCCO2. The molecule has 2 heterocycles. The number of carbonyl (C=O) groups is 1. The summed E-state index contributed by atoms with van der Waals surface area (Å²) in [6, 6.07) is 6.02. The zero-order valence-corrected chi connectivity index (χ0v) is 13.4. The van der Waals surface area contributed by atoms with E-state index in [1.165, 1.54) is 16.9 Å². The lowest BCUT2D eigenvalue weighted by Gasteiger charge is -2.19. The average molecular weight is 317 g/mol. The summed E-state index contributed by atoms with van der Waals surface area (Å²) in [5.74, 6) is 0.974. The second kappa shape index (κ2) is 6.79. The van der Waals surface area contributed by atoms with Crippen molar-refractivity contribution in [2.75, 3.05) is 13.7 Å². The van der Waals surface area contributed by atoms with Crippen LogP contribution >= 0.6 is 11.3 Å². The molecule has 116 valence electrons. The van der Waals surface area contributed by atoms with Gasteiger partial charge in [0.25, 0.3) is 0 Å². The molecule has 0 saturated heterocycles. The van der Waals surface area contributed by atoms with Crippen molar-refractivity contribution in [3.8, 4) is 5.75 Å². The molecule has 1 aromatic carbocycles. The van der Waals surface area contributed by atoms with Crippen molar-refractivity contribution in [2.24, 2.45) is 0 Å². The highest BCUT2D eigenvalue weighted by molar-refractivity contribution is 7.07. The monoisotopic (exact) mass is 317 g/mol. The standard InChI is InChI=1S/C16H19N3O2S/c1-19(9-14-10-22-11-18-14)16(20)17-8-12-4-5-15-13(7-12)3-2-6-21-15/h4-5,7,10-11H,2-3,6,8-9H2,1H3,(H,17,20). The molecule has 0 aliphatic carbocycles. The van der Waals surface area contributed by atoms with Crippen LogP contribution in [0.25, 0.3) is 0 Å². The van der Waals surface area contributed by atoms with E-state index in [2.05, 4.69) is 16.4 Å². The van der Waals surface area contributed by atoms with E-state index in [1.54, 1.807) is 17.5 Å². The Morgan fingerprint density at radius 1 is 1.50 bits per heavy atom. The largest absolute Gasteiger partial charge is 0.493 e. The van der Waals surface area contributed by atoms with E-state index in [0.29, 0.717) is 13.1 Å². The molecule has 0 fully saturated rings. The van der Waals surface area contributed by atoms with Gasteiger partial charge in [-0.2, -0.15) is 0 Å². The summed E-state index contributed by atoms with van der Waals surface area (Å²) >= 11 is 1.54. The Morgan fingerprint density at radius 2 is 2.41 bits per heavy atom. The van der Waals surface area contributed by atoms with Gasteiger partial charge in [-0.15, -0.1) is 11.3 Å². The number of benzene rings is 1. The van der Waals surface area contributed by atoms with Gasteiger partial charge in [0.1, 0.15) is 5.75 Å². The Morgan fingerprint density at radius 3 is 3.23 bits per heavy atom. The van der Waals surface area contributed by atoms with E-state index < -0.39 is 0 Å². The first-order valence-electron chi connectivity index (χ1n) is 7.33. The quantitative estimate of drug-likeness (QED) is 0.943. The molecule has 2 aromatic rings. The molecular weight excluding hydrogens is 298 g/mol. The third-order valence-corrected chi connectivity index (χ3v) is 4.28. The Kier molecular flexibility index (Phi) is 4.58. The fourth-order valence-corrected chi connectivity index (χ4v) is 3.02. The normalized spacial score (nSPS) is 13.1. The number of fused-ring (bicyclic) bond motifs is 1. The highest BCUT2D eigenvalue weighted by Crippen LogP contribution is 2.25. The van der Waals surface area contributed by atoms with Gasteiger partial charge in [-0.05, 0) is 30.0 Å². The zero-order chi connectivity index (χ0) is 15.4. The minimum Gasteiger partial charge on any atom is -0.493 e. The molecule has 5 nitrogen and oxygen atoms in total. The Labute approximate surface area is 133 Å². The molecule has 0 unspecified atom stereocenters. The summed E-state index contributed by atoms with van der Waals surface area (Å²) < 4.78 is 5.60. The minimum absolute atomic E-state index is 0.0954. The molecule has 1 aliphatic rings. The maximum absolute atomic E-state index is 12.1. The van der Waals surface area contributed by atoms with Crippen molar-refractivity contribution < 1.29 is 9.53 Å². The molecule has 0 spiro atoms. The molecular formula is C16H19N3O2S. The first-order valence-corrected chi connectivity index (χ1v) is 8.27. The third-order valence-electron chi connectivity index (χ3n) is 3.65. The van der Waals surface area contributed by atoms with Crippen LogP contribution in [0, 0.1) is 0 Å². The number of hydrogen-bond acceptors (Lipinski definition) is 4. The molecule has 1 aromatic heterocycles. The van der Waals surface area contributed by atoms with Gasteiger partial charge >= 0.3 is 6.03 Å². The Hall–Kier alpha value is -2.08. The summed E-state index contributed by atoms with van der Waals surface area (Å²) in [6.45, 7) is 1.84. The molecule has 2 amide bonds. The van der Waals surface area contributed by atoms with Gasteiger partial charge in [-0.25, -0.2) is 9.78 Å². The predicted molar refractivity (Wildman–Crippen MR) is 86.1 cm³/mol. The van der Waals surface area contributed by atoms with Crippen LogP contribution in [-0.4, -0.2) is 29.6 Å². The lowest BCUT2D eigenvalue weighted by Crippen LogP contribution is -2.36. The summed E-state index contributed by atoms with van der Waals surface area (Å²) in [5, 5.41) is 4.89. The third kappa shape index (κ3) is 3.57. The van der Waals surface area contributed by atoms with E-state index in [9.17, 15) is 4.79 Å². The van der Waals surface area contributed by atoms with Gasteiger partial charge in [0.05, 0.1) is 24.4 Å². The first-order chi connectivity index (χ1) is 10.7. The van der Waals surface area contributed by atoms with E-state index in [4.69, 9.17) is 4.74 Å². The zero-order valence-electron chi connectivity index (χ0n) is 12.5. The smallest absolute Gasteiger partial charge is 0.317 e. The second-order valence-corrected chi connectivity index (χ2v) is 6.11. The number of thiazole rings is 1. The first kappa shape index (κ1) is 14.8. The number of nitrogens with one attached hydrogen (secondary N) is 1. The topological polar surface area (TPSA) is 54.5 Å². The molecule has 1 aliphatic heterocycles. The number of amides is 2. The van der Waals surface area contributed by atoms with Gasteiger partial charge in [0.15, 0.2) is 0 Å². The summed E-state index contributed by atoms with van der Waals surface area (Å²) in [7, 11) is 1.77. The van der Waals surface area contributed by atoms with Crippen molar-refractivity contribution in [3.63, 3.8) is 0 Å². The molecule has 1 N–H and O–H groups in total. The van der Waals surface area contributed by atoms with E-state index in [0.717, 1.165) is 36.5 Å². The number of carbonyl (C=O) groups excluding carboxylic acids is 1. The van der Waals surface area contributed by atoms with Gasteiger partial charge in [0.2, 0.25) is 0 Å². The highest BCUT2D eigenvalue weighted by atomic mass is 32.1. The lowest BCUT2D eigenvalue weighted by atomic mass is 10.0. The number of aromatic nitrogens is 1. The number of ether oxygens (including phenoxy) is 1. The van der Waals surface area contributed by atoms with Crippen molar-refractivity contribution in [3.05, 3.63) is 45.9 Å². The maximum Gasteiger partial charge on any atom is 0.317 e. The maximum atomic E-state index is 12.1. The van der Waals surface area contributed by atoms with E-state index in [1.807, 2.05) is 17.5 Å².